The molecule has 0 atom stereocenters. The van der Waals surface area contributed by atoms with Gasteiger partial charge in [-0.05, 0) is 19.1 Å². The number of likely N-dealkylation sites (N-methyl/N-ethyl adjacent to an activating group) is 1. The summed E-state index contributed by atoms with van der Waals surface area (Å²) in [6.45, 7) is 1.49. The van der Waals surface area contributed by atoms with E-state index >= 15 is 0 Å². The Morgan fingerprint density at radius 3 is 2.64 bits per heavy atom. The van der Waals surface area contributed by atoms with Gasteiger partial charge in [0.05, 0.1) is 11.4 Å². The lowest BCUT2D eigenvalue weighted by atomic mass is 10.2. The van der Waals surface area contributed by atoms with Crippen molar-refractivity contribution in [2.24, 2.45) is 0 Å². The molecule has 0 radical (unpaired) electrons. The van der Waals surface area contributed by atoms with Crippen molar-refractivity contribution in [1.29, 1.82) is 0 Å². The second-order valence-corrected chi connectivity index (χ2v) is 5.44. The van der Waals surface area contributed by atoms with E-state index in [0.29, 0.717) is 17.1 Å². The van der Waals surface area contributed by atoms with Crippen LogP contribution in [-0.4, -0.2) is 39.8 Å². The molecule has 2 heterocycles. The summed E-state index contributed by atoms with van der Waals surface area (Å²) >= 11 is 0. The largest absolute Gasteiger partial charge is 0.481 e. The molecule has 1 aliphatic rings. The average molecular weight is 345 g/mol. The smallest absolute Gasteiger partial charge is 0.342 e. The van der Waals surface area contributed by atoms with Crippen molar-refractivity contribution in [2.45, 2.75) is 13.5 Å². The highest BCUT2D eigenvalue weighted by molar-refractivity contribution is 5.97. The molecule has 9 heteroatoms. The van der Waals surface area contributed by atoms with Crippen LogP contribution in [0.2, 0.25) is 0 Å². The third-order valence-corrected chi connectivity index (χ3v) is 4.03. The third kappa shape index (κ3) is 2.59. The van der Waals surface area contributed by atoms with Crippen LogP contribution in [0.3, 0.4) is 0 Å². The van der Waals surface area contributed by atoms with E-state index in [0.717, 1.165) is 15.3 Å². The highest BCUT2D eigenvalue weighted by atomic mass is 16.5. The zero-order valence-corrected chi connectivity index (χ0v) is 13.6. The van der Waals surface area contributed by atoms with Gasteiger partial charge in [0.1, 0.15) is 11.3 Å². The van der Waals surface area contributed by atoms with E-state index in [-0.39, 0.29) is 19.1 Å². The van der Waals surface area contributed by atoms with Gasteiger partial charge in [-0.15, -0.1) is 0 Å². The molecule has 0 aliphatic carbocycles. The minimum Gasteiger partial charge on any atom is -0.481 e. The predicted molar refractivity (Wildman–Crippen MR) is 87.8 cm³/mol. The Labute approximate surface area is 141 Å². The van der Waals surface area contributed by atoms with Gasteiger partial charge in [-0.3, -0.25) is 18.7 Å². The molecule has 1 aromatic heterocycles. The SMILES string of the molecule is CCn1c(=O)c(C(=O)O)cn(-c2ccc3c(c2)OCC(=O)N3C)c1=O. The predicted octanol–water partition coefficient (Wildman–Crippen LogP) is 0.0725. The number of benzene rings is 1. The van der Waals surface area contributed by atoms with Gasteiger partial charge in [0.25, 0.3) is 11.5 Å². The zero-order chi connectivity index (χ0) is 18.3. The molecule has 1 aromatic carbocycles. The highest BCUT2D eigenvalue weighted by Crippen LogP contribution is 2.32. The molecule has 0 fully saturated rings. The number of carbonyl (C=O) groups is 2. The molecule has 1 N–H and O–H groups in total. The fraction of sp³-hybridized carbons (Fsp3) is 0.250. The zero-order valence-electron chi connectivity index (χ0n) is 13.6. The maximum Gasteiger partial charge on any atom is 0.342 e. The fourth-order valence-electron chi connectivity index (χ4n) is 2.63. The van der Waals surface area contributed by atoms with Crippen molar-refractivity contribution < 1.29 is 19.4 Å². The van der Waals surface area contributed by atoms with Gasteiger partial charge in [0, 0.05) is 25.9 Å². The number of hydrogen-bond donors (Lipinski definition) is 1. The first-order chi connectivity index (χ1) is 11.8. The van der Waals surface area contributed by atoms with E-state index < -0.39 is 22.8 Å². The second-order valence-electron chi connectivity index (χ2n) is 5.44. The summed E-state index contributed by atoms with van der Waals surface area (Å²) in [6, 6.07) is 4.67. The minimum absolute atomic E-state index is 0.0392. The van der Waals surface area contributed by atoms with Gasteiger partial charge in [-0.25, -0.2) is 9.59 Å². The summed E-state index contributed by atoms with van der Waals surface area (Å²) < 4.78 is 7.30. The molecule has 0 unspecified atom stereocenters. The Bertz CT molecular complexity index is 1000. The molecule has 3 rings (SSSR count). The monoisotopic (exact) mass is 345 g/mol. The maximum atomic E-state index is 12.5. The number of carboxylic acid groups (broad SMARTS) is 1. The van der Waals surface area contributed by atoms with Crippen LogP contribution in [0.5, 0.6) is 5.75 Å². The molecule has 1 aliphatic heterocycles. The van der Waals surface area contributed by atoms with Gasteiger partial charge in [-0.2, -0.15) is 0 Å². The molecule has 25 heavy (non-hydrogen) atoms. The van der Waals surface area contributed by atoms with Gasteiger partial charge >= 0.3 is 11.7 Å². The number of hydrogen-bond acceptors (Lipinski definition) is 5. The van der Waals surface area contributed by atoms with Crippen LogP contribution in [0.25, 0.3) is 5.69 Å². The summed E-state index contributed by atoms with van der Waals surface area (Å²) in [5.74, 6) is -1.23. The van der Waals surface area contributed by atoms with Crippen molar-refractivity contribution in [3.8, 4) is 11.4 Å². The third-order valence-electron chi connectivity index (χ3n) is 4.03. The van der Waals surface area contributed by atoms with Gasteiger partial charge in [0.15, 0.2) is 6.61 Å². The first-order valence-electron chi connectivity index (χ1n) is 7.48. The fourth-order valence-corrected chi connectivity index (χ4v) is 2.63. The molecular formula is C16H15N3O6. The molecule has 1 amide bonds. The number of fused-ring (bicyclic) bond motifs is 1. The number of aromatic nitrogens is 2. The molecule has 0 spiro atoms. The Morgan fingerprint density at radius 2 is 2.00 bits per heavy atom. The number of carbonyl (C=O) groups excluding carboxylic acids is 1. The van der Waals surface area contributed by atoms with Crippen molar-refractivity contribution >= 4 is 17.6 Å². The lowest BCUT2D eigenvalue weighted by Gasteiger charge is -2.26. The van der Waals surface area contributed by atoms with Crippen LogP contribution in [-0.2, 0) is 11.3 Å². The first kappa shape index (κ1) is 16.5. The molecule has 0 saturated carbocycles. The van der Waals surface area contributed by atoms with Crippen molar-refractivity contribution in [2.75, 3.05) is 18.6 Å². The van der Waals surface area contributed by atoms with Gasteiger partial charge in [-0.1, -0.05) is 0 Å². The Morgan fingerprint density at radius 1 is 1.28 bits per heavy atom. The molecule has 9 nitrogen and oxygen atoms in total. The summed E-state index contributed by atoms with van der Waals surface area (Å²) in [4.78, 5) is 48.9. The minimum atomic E-state index is -1.42. The highest BCUT2D eigenvalue weighted by Gasteiger charge is 2.23. The number of carboxylic acids is 1. The van der Waals surface area contributed by atoms with Crippen molar-refractivity contribution in [3.63, 3.8) is 0 Å². The van der Waals surface area contributed by atoms with Crippen LogP contribution in [0.15, 0.2) is 34.0 Å². The Kier molecular flexibility index (Phi) is 3.91. The van der Waals surface area contributed by atoms with E-state index in [9.17, 15) is 24.3 Å². The standard InChI is InChI=1S/C16H15N3O6/c1-3-18-14(21)10(15(22)23)7-19(16(18)24)9-4-5-11-12(6-9)25-8-13(20)17(11)2/h4-7H,3,8H2,1-2H3,(H,22,23). The summed E-state index contributed by atoms with van der Waals surface area (Å²) in [6.07, 6.45) is 0.999. The molecule has 0 saturated heterocycles. The molecule has 2 aromatic rings. The summed E-state index contributed by atoms with van der Waals surface area (Å²) in [5.41, 5.74) is -1.15. The normalized spacial score (nSPS) is 13.4. The van der Waals surface area contributed by atoms with E-state index in [1.165, 1.54) is 11.0 Å². The van der Waals surface area contributed by atoms with Crippen LogP contribution in [0.1, 0.15) is 17.3 Å². The van der Waals surface area contributed by atoms with Crippen LogP contribution >= 0.6 is 0 Å². The number of nitrogens with zero attached hydrogens (tertiary/aromatic N) is 3. The van der Waals surface area contributed by atoms with E-state index in [1.54, 1.807) is 26.1 Å². The van der Waals surface area contributed by atoms with Gasteiger partial charge in [0.2, 0.25) is 0 Å². The molecular weight excluding hydrogens is 330 g/mol. The maximum absolute atomic E-state index is 12.5. The number of ether oxygens (including phenoxy) is 1. The Hall–Kier alpha value is -3.36. The Balaban J connectivity index is 2.22. The molecule has 130 valence electrons. The van der Waals surface area contributed by atoms with E-state index in [2.05, 4.69) is 0 Å². The number of aromatic carboxylic acids is 1. The van der Waals surface area contributed by atoms with Crippen LogP contribution in [0.4, 0.5) is 5.69 Å². The molecule has 0 bridgehead atoms. The van der Waals surface area contributed by atoms with Crippen LogP contribution in [0, 0.1) is 0 Å². The first-order valence-corrected chi connectivity index (χ1v) is 7.48. The van der Waals surface area contributed by atoms with Crippen LogP contribution < -0.4 is 20.9 Å². The van der Waals surface area contributed by atoms with E-state index in [4.69, 9.17) is 4.74 Å². The quantitative estimate of drug-likeness (QED) is 0.843. The van der Waals surface area contributed by atoms with Gasteiger partial charge < -0.3 is 14.7 Å². The number of anilines is 1. The summed E-state index contributed by atoms with van der Waals surface area (Å²) in [5, 5.41) is 9.21. The van der Waals surface area contributed by atoms with E-state index in [1.807, 2.05) is 0 Å². The number of rotatable bonds is 3. The summed E-state index contributed by atoms with van der Waals surface area (Å²) in [7, 11) is 1.61. The van der Waals surface area contributed by atoms with Crippen molar-refractivity contribution in [1.82, 2.24) is 9.13 Å². The second kappa shape index (κ2) is 5.93. The lowest BCUT2D eigenvalue weighted by Crippen LogP contribution is -2.41. The van der Waals surface area contributed by atoms with Crippen molar-refractivity contribution in [3.05, 3.63) is 50.8 Å². The number of amides is 1. The topological polar surface area (TPSA) is 111 Å². The average Bonchev–Trinajstić information content (AvgIpc) is 2.58. The lowest BCUT2D eigenvalue weighted by molar-refractivity contribution is -0.120.